The Morgan fingerprint density at radius 1 is 1.40 bits per heavy atom. The van der Waals surface area contributed by atoms with Gasteiger partial charge in [-0.3, -0.25) is 9.69 Å². The molecule has 1 saturated heterocycles. The lowest BCUT2D eigenvalue weighted by Crippen LogP contribution is -2.47. The van der Waals surface area contributed by atoms with Crippen molar-refractivity contribution in [1.82, 2.24) is 10.2 Å². The van der Waals surface area contributed by atoms with Gasteiger partial charge in [-0.25, -0.2) is 0 Å². The second kappa shape index (κ2) is 7.21. The molecule has 1 heterocycles. The Morgan fingerprint density at radius 3 is 2.80 bits per heavy atom. The van der Waals surface area contributed by atoms with E-state index in [9.17, 15) is 4.79 Å². The van der Waals surface area contributed by atoms with Crippen molar-refractivity contribution in [3.63, 3.8) is 0 Å². The number of rotatable bonds is 6. The van der Waals surface area contributed by atoms with Crippen LogP contribution in [0.2, 0.25) is 0 Å². The molecule has 1 aliphatic heterocycles. The van der Waals surface area contributed by atoms with Crippen molar-refractivity contribution in [2.45, 2.75) is 6.42 Å². The predicted molar refractivity (Wildman–Crippen MR) is 81.9 cm³/mol. The molecular weight excluding hydrogens is 274 g/mol. The molecule has 0 aliphatic carbocycles. The molecule has 0 bridgehead atoms. The molecule has 1 aliphatic rings. The Morgan fingerprint density at radius 2 is 2.15 bits per heavy atom. The van der Waals surface area contributed by atoms with E-state index in [1.165, 1.54) is 0 Å². The minimum absolute atomic E-state index is 0.102. The lowest BCUT2D eigenvalue weighted by molar-refractivity contribution is -0.124. The summed E-state index contributed by atoms with van der Waals surface area (Å²) < 4.78 is 5.65. The van der Waals surface area contributed by atoms with Gasteiger partial charge in [0, 0.05) is 25.2 Å². The first-order valence-electron chi connectivity index (χ1n) is 6.67. The largest absolute Gasteiger partial charge is 0.494 e. The Hall–Kier alpha value is -1.66. The monoisotopic (exact) mass is 293 g/mol. The number of hydrogen-bond acceptors (Lipinski definition) is 4. The van der Waals surface area contributed by atoms with Crippen LogP contribution in [0, 0.1) is 0 Å². The highest BCUT2D eigenvalue weighted by atomic mass is 32.1. The van der Waals surface area contributed by atoms with Crippen LogP contribution in [0.25, 0.3) is 0 Å². The van der Waals surface area contributed by atoms with E-state index < -0.39 is 0 Å². The lowest BCUT2D eigenvalue weighted by atomic mass is 10.2. The Kier molecular flexibility index (Phi) is 5.31. The number of ether oxygens (including phenoxy) is 1. The van der Waals surface area contributed by atoms with Crippen molar-refractivity contribution in [3.05, 3.63) is 29.8 Å². The molecule has 3 N–H and O–H groups in total. The molecule has 0 spiro atoms. The van der Waals surface area contributed by atoms with E-state index in [4.69, 9.17) is 22.7 Å². The molecule has 6 heteroatoms. The number of nitrogens with one attached hydrogen (secondary N) is 1. The first kappa shape index (κ1) is 14.7. The van der Waals surface area contributed by atoms with Gasteiger partial charge in [0.25, 0.3) is 0 Å². The standard InChI is InChI=1S/C14H19N3O2S/c15-14(20)11-2-4-12(5-3-11)19-9-1-7-17-8-6-16-13(18)10-17/h2-5H,1,6-10H2,(H2,15,20)(H,16,18). The lowest BCUT2D eigenvalue weighted by Gasteiger charge is -2.26. The Balaban J connectivity index is 1.67. The third-order valence-corrected chi connectivity index (χ3v) is 3.38. The van der Waals surface area contributed by atoms with Crippen LogP contribution in [-0.2, 0) is 4.79 Å². The van der Waals surface area contributed by atoms with Gasteiger partial charge >= 0.3 is 0 Å². The summed E-state index contributed by atoms with van der Waals surface area (Å²) in [5.41, 5.74) is 6.37. The molecule has 1 aromatic carbocycles. The maximum absolute atomic E-state index is 11.2. The van der Waals surface area contributed by atoms with Crippen LogP contribution in [0.5, 0.6) is 5.75 Å². The summed E-state index contributed by atoms with van der Waals surface area (Å²) in [6.07, 6.45) is 0.893. The molecule has 20 heavy (non-hydrogen) atoms. The fourth-order valence-corrected chi connectivity index (χ4v) is 2.21. The van der Waals surface area contributed by atoms with Gasteiger partial charge in [-0.15, -0.1) is 0 Å². The zero-order chi connectivity index (χ0) is 14.4. The van der Waals surface area contributed by atoms with E-state index in [2.05, 4.69) is 10.2 Å². The molecule has 0 aromatic heterocycles. The summed E-state index contributed by atoms with van der Waals surface area (Å²) in [5.74, 6) is 0.909. The van der Waals surface area contributed by atoms with Crippen molar-refractivity contribution in [2.75, 3.05) is 32.8 Å². The fraction of sp³-hybridized carbons (Fsp3) is 0.429. The number of nitrogens with two attached hydrogens (primary N) is 1. The molecule has 0 radical (unpaired) electrons. The number of piperazine rings is 1. The summed E-state index contributed by atoms with van der Waals surface area (Å²) in [5, 5.41) is 2.81. The minimum Gasteiger partial charge on any atom is -0.494 e. The molecule has 0 saturated carbocycles. The van der Waals surface area contributed by atoms with Crippen molar-refractivity contribution in [2.24, 2.45) is 5.73 Å². The van der Waals surface area contributed by atoms with Crippen molar-refractivity contribution >= 4 is 23.1 Å². The zero-order valence-corrected chi connectivity index (χ0v) is 12.1. The maximum atomic E-state index is 11.2. The SMILES string of the molecule is NC(=S)c1ccc(OCCCN2CCNC(=O)C2)cc1. The fourth-order valence-electron chi connectivity index (χ4n) is 2.08. The first-order valence-corrected chi connectivity index (χ1v) is 7.08. The normalized spacial score (nSPS) is 15.7. The van der Waals surface area contributed by atoms with E-state index in [1.54, 1.807) is 0 Å². The molecular formula is C14H19N3O2S. The molecule has 108 valence electrons. The second-order valence-corrected chi connectivity index (χ2v) is 5.16. The van der Waals surface area contributed by atoms with E-state index in [0.29, 0.717) is 18.1 Å². The number of thiocarbonyl (C=S) groups is 1. The smallest absolute Gasteiger partial charge is 0.234 e. The highest BCUT2D eigenvalue weighted by Gasteiger charge is 2.14. The Labute approximate surface area is 124 Å². The van der Waals surface area contributed by atoms with Crippen molar-refractivity contribution in [3.8, 4) is 5.75 Å². The average molecular weight is 293 g/mol. The number of benzene rings is 1. The summed E-state index contributed by atoms with van der Waals surface area (Å²) in [6, 6.07) is 7.44. The Bertz CT molecular complexity index is 476. The number of carbonyl (C=O) groups is 1. The van der Waals surface area contributed by atoms with Crippen molar-refractivity contribution in [1.29, 1.82) is 0 Å². The number of carbonyl (C=O) groups excluding carboxylic acids is 1. The first-order chi connectivity index (χ1) is 9.65. The van der Waals surface area contributed by atoms with Crippen LogP contribution in [0.1, 0.15) is 12.0 Å². The maximum Gasteiger partial charge on any atom is 0.234 e. The van der Waals surface area contributed by atoms with Crippen LogP contribution in [0.3, 0.4) is 0 Å². The molecule has 1 fully saturated rings. The van der Waals surface area contributed by atoms with E-state index in [1.807, 2.05) is 24.3 Å². The average Bonchev–Trinajstić information content (AvgIpc) is 2.44. The number of amides is 1. The summed E-state index contributed by atoms with van der Waals surface area (Å²) in [7, 11) is 0. The quantitative estimate of drug-likeness (QED) is 0.591. The van der Waals surface area contributed by atoms with E-state index >= 15 is 0 Å². The molecule has 0 unspecified atom stereocenters. The third-order valence-electron chi connectivity index (χ3n) is 3.14. The topological polar surface area (TPSA) is 67.6 Å². The van der Waals surface area contributed by atoms with Crippen LogP contribution in [0.4, 0.5) is 0 Å². The van der Waals surface area contributed by atoms with Gasteiger partial charge in [0.2, 0.25) is 5.91 Å². The van der Waals surface area contributed by atoms with Gasteiger partial charge in [0.05, 0.1) is 13.2 Å². The number of nitrogens with zero attached hydrogens (tertiary/aromatic N) is 1. The van der Waals surface area contributed by atoms with E-state index in [0.717, 1.165) is 37.4 Å². The molecule has 0 atom stereocenters. The van der Waals surface area contributed by atoms with E-state index in [-0.39, 0.29) is 5.91 Å². The molecule has 2 rings (SSSR count). The highest BCUT2D eigenvalue weighted by Crippen LogP contribution is 2.12. The van der Waals surface area contributed by atoms with Gasteiger partial charge in [0.1, 0.15) is 10.7 Å². The second-order valence-electron chi connectivity index (χ2n) is 4.72. The summed E-state index contributed by atoms with van der Waals surface area (Å²) in [4.78, 5) is 13.7. The van der Waals surface area contributed by atoms with Crippen LogP contribution >= 0.6 is 12.2 Å². The third kappa shape index (κ3) is 4.47. The van der Waals surface area contributed by atoms with Gasteiger partial charge < -0.3 is 15.8 Å². The van der Waals surface area contributed by atoms with Crippen molar-refractivity contribution < 1.29 is 9.53 Å². The summed E-state index contributed by atoms with van der Waals surface area (Å²) in [6.45, 7) is 3.64. The van der Waals surface area contributed by atoms with Gasteiger partial charge in [-0.05, 0) is 30.7 Å². The zero-order valence-electron chi connectivity index (χ0n) is 11.3. The molecule has 5 nitrogen and oxygen atoms in total. The summed E-state index contributed by atoms with van der Waals surface area (Å²) >= 11 is 4.89. The molecule has 1 amide bonds. The van der Waals surface area contributed by atoms with Gasteiger partial charge in [0.15, 0.2) is 0 Å². The van der Waals surface area contributed by atoms with Crippen LogP contribution < -0.4 is 15.8 Å². The highest BCUT2D eigenvalue weighted by molar-refractivity contribution is 7.80. The minimum atomic E-state index is 0.102. The van der Waals surface area contributed by atoms with Crippen LogP contribution in [-0.4, -0.2) is 48.6 Å². The predicted octanol–water partition coefficient (Wildman–Crippen LogP) is 0.522. The number of hydrogen-bond donors (Lipinski definition) is 2. The van der Waals surface area contributed by atoms with Crippen LogP contribution in [0.15, 0.2) is 24.3 Å². The molecule has 1 aromatic rings. The van der Waals surface area contributed by atoms with Gasteiger partial charge in [-0.1, -0.05) is 12.2 Å². The van der Waals surface area contributed by atoms with Gasteiger partial charge in [-0.2, -0.15) is 0 Å².